The molecule has 0 radical (unpaired) electrons. The highest BCUT2D eigenvalue weighted by Gasteiger charge is 2.49. The number of aliphatic hydroxyl groups excluding tert-OH is 3. The number of ether oxygens (including phenoxy) is 2. The van der Waals surface area contributed by atoms with Crippen molar-refractivity contribution in [2.24, 2.45) is 7.05 Å². The molecule has 30 heteroatoms. The van der Waals surface area contributed by atoms with Crippen LogP contribution < -0.4 is 27.2 Å². The van der Waals surface area contributed by atoms with Gasteiger partial charge in [-0.1, -0.05) is 4.98 Å². The predicted molar refractivity (Wildman–Crippen MR) is 163 cm³/mol. The van der Waals surface area contributed by atoms with Crippen LogP contribution in [0.1, 0.15) is 18.9 Å². The number of nitrogens with two attached hydrogens (primary N) is 2. The van der Waals surface area contributed by atoms with E-state index < -0.39 is 90.8 Å². The Labute approximate surface area is 281 Å². The minimum Gasteiger partial charge on any atom is -0.388 e. The van der Waals surface area contributed by atoms with Crippen LogP contribution in [0.3, 0.4) is 0 Å². The molecule has 12 N–H and O–H groups in total. The van der Waals surface area contributed by atoms with Crippen molar-refractivity contribution in [2.45, 2.75) is 49.4 Å². The van der Waals surface area contributed by atoms with Crippen LogP contribution in [-0.4, -0.2) is 108 Å². The first-order valence-electron chi connectivity index (χ1n) is 14.3. The molecule has 6 rings (SSSR count). The number of aliphatic hydroxyl groups is 3. The highest BCUT2D eigenvalue weighted by Crippen LogP contribution is 2.67. The average Bonchev–Trinajstić information content (AvgIpc) is 3.74. The maximum atomic E-state index is 12.5. The summed E-state index contributed by atoms with van der Waals surface area (Å²) in [5, 5.41) is 31.6. The number of hydrogen-bond donors (Lipinski definition) is 10. The van der Waals surface area contributed by atoms with Crippen molar-refractivity contribution < 1.29 is 75.4 Å². The number of phosphoric acid groups is 3. The Balaban J connectivity index is 1.03. The zero-order valence-corrected chi connectivity index (χ0v) is 28.4. The van der Waals surface area contributed by atoms with Crippen LogP contribution in [0, 0.1) is 0 Å². The van der Waals surface area contributed by atoms with Gasteiger partial charge >= 0.3 is 29.1 Å². The molecule has 0 saturated carbocycles. The van der Waals surface area contributed by atoms with Gasteiger partial charge in [0, 0.05) is 6.42 Å². The lowest BCUT2D eigenvalue weighted by Gasteiger charge is -2.20. The van der Waals surface area contributed by atoms with Crippen LogP contribution in [0.5, 0.6) is 0 Å². The van der Waals surface area contributed by atoms with Crippen LogP contribution in [0.25, 0.3) is 22.3 Å². The standard InChI is InChI=1S/C21H29N10O17P3/c1-29-6-31(15-11(29)17(36)28-21(23)26-15)19-13(34)12(33)9(46-19)4-44-50(39,40)48-51(41,42)47-49(37,38)43-3-7-2-8(32)18(45-7)30-5-24-10-14(30)25-20(22)27-16(10)35/h5-9,12-13,18-19,32-34H,2-4H2,1H3,(H8-,22,23,25,26,27,28,35,36,37,38,39,40,41,42)/p+1/t7-,8-,9+,12?,13?,18?,19+/m0/s1. The van der Waals surface area contributed by atoms with Crippen LogP contribution in [-0.2, 0) is 47.9 Å². The Kier molecular flexibility index (Phi) is 9.86. The monoisotopic (exact) mass is 787 g/mol. The lowest BCUT2D eigenvalue weighted by molar-refractivity contribution is -0.745. The van der Waals surface area contributed by atoms with Crippen LogP contribution in [0.15, 0.2) is 22.2 Å². The Bertz CT molecular complexity index is 2240. The quantitative estimate of drug-likeness (QED) is 0.0491. The van der Waals surface area contributed by atoms with Crippen LogP contribution in [0.4, 0.5) is 11.9 Å². The third-order valence-corrected chi connectivity index (χ3v) is 11.8. The minimum absolute atomic E-state index is 0.0226. The maximum absolute atomic E-state index is 12.5. The Morgan fingerprint density at radius 2 is 1.57 bits per heavy atom. The van der Waals surface area contributed by atoms with E-state index in [0.29, 0.717) is 0 Å². The van der Waals surface area contributed by atoms with Crippen LogP contribution in [0.2, 0.25) is 0 Å². The number of rotatable bonds is 12. The summed E-state index contributed by atoms with van der Waals surface area (Å²) in [7, 11) is -15.6. The van der Waals surface area contributed by atoms with Gasteiger partial charge in [0.1, 0.15) is 24.4 Å². The van der Waals surface area contributed by atoms with Gasteiger partial charge in [-0.15, -0.1) is 0 Å². The number of nitrogen functional groups attached to an aromatic ring is 2. The molecule has 4 aromatic heterocycles. The Morgan fingerprint density at radius 1 is 0.941 bits per heavy atom. The molecular weight excluding hydrogens is 757 g/mol. The van der Waals surface area contributed by atoms with E-state index in [1.54, 1.807) is 0 Å². The highest BCUT2D eigenvalue weighted by molar-refractivity contribution is 7.66. The van der Waals surface area contributed by atoms with E-state index in [-0.39, 0.29) is 40.6 Å². The molecule has 0 amide bonds. The fourth-order valence-corrected chi connectivity index (χ4v) is 8.98. The first-order valence-corrected chi connectivity index (χ1v) is 18.8. The van der Waals surface area contributed by atoms with Gasteiger partial charge in [-0.3, -0.25) is 37.7 Å². The largest absolute Gasteiger partial charge is 0.490 e. The van der Waals surface area contributed by atoms with Crippen molar-refractivity contribution in [3.8, 4) is 0 Å². The number of aromatic amines is 2. The van der Waals surface area contributed by atoms with Gasteiger partial charge < -0.3 is 50.9 Å². The summed E-state index contributed by atoms with van der Waals surface area (Å²) in [6.45, 7) is -1.88. The summed E-state index contributed by atoms with van der Waals surface area (Å²) in [4.78, 5) is 70.7. The fraction of sp³-hybridized carbons (Fsp3) is 0.524. The molecule has 6 heterocycles. The van der Waals surface area contributed by atoms with Gasteiger partial charge in [0.2, 0.25) is 17.7 Å². The van der Waals surface area contributed by atoms with Crippen molar-refractivity contribution in [3.63, 3.8) is 0 Å². The smallest absolute Gasteiger partial charge is 0.388 e. The average molecular weight is 787 g/mol. The van der Waals surface area contributed by atoms with Gasteiger partial charge in [-0.05, 0) is 0 Å². The fourth-order valence-electron chi connectivity index (χ4n) is 5.44. The normalized spacial score (nSPS) is 29.0. The Hall–Kier alpha value is -3.49. The van der Waals surface area contributed by atoms with Gasteiger partial charge in [-0.25, -0.2) is 23.2 Å². The summed E-state index contributed by atoms with van der Waals surface area (Å²) in [6.07, 6.45) is -7.96. The molecule has 4 aromatic rings. The number of fused-ring (bicyclic) bond motifs is 2. The molecule has 280 valence electrons. The second-order valence-electron chi connectivity index (χ2n) is 11.2. The molecule has 27 nitrogen and oxygen atoms in total. The molecular formula is C21H30N10O17P3+. The molecule has 10 atom stereocenters. The number of H-pyrrole nitrogens is 2. The summed E-state index contributed by atoms with van der Waals surface area (Å²) in [5.41, 5.74) is 9.70. The number of imidazole rings is 2. The number of nitrogens with zero attached hydrogens (tertiary/aromatic N) is 6. The number of aromatic nitrogens is 8. The summed E-state index contributed by atoms with van der Waals surface area (Å²) in [6, 6.07) is 0. The zero-order valence-electron chi connectivity index (χ0n) is 25.7. The van der Waals surface area contributed by atoms with Gasteiger partial charge in [0.05, 0.1) is 32.7 Å². The van der Waals surface area contributed by atoms with E-state index in [2.05, 4.69) is 42.6 Å². The van der Waals surface area contributed by atoms with Crippen molar-refractivity contribution in [1.29, 1.82) is 0 Å². The molecule has 0 spiro atoms. The van der Waals surface area contributed by atoms with Crippen molar-refractivity contribution in [2.75, 3.05) is 24.7 Å². The maximum Gasteiger partial charge on any atom is 0.490 e. The molecule has 51 heavy (non-hydrogen) atoms. The zero-order chi connectivity index (χ0) is 37.2. The summed E-state index contributed by atoms with van der Waals surface area (Å²) >= 11 is 0. The van der Waals surface area contributed by atoms with Crippen LogP contribution >= 0.6 is 23.5 Å². The topological polar surface area (TPSA) is 398 Å². The third kappa shape index (κ3) is 7.68. The second kappa shape index (κ2) is 13.5. The highest BCUT2D eigenvalue weighted by atomic mass is 31.3. The molecule has 0 bridgehead atoms. The van der Waals surface area contributed by atoms with E-state index in [9.17, 15) is 53.3 Å². The second-order valence-corrected chi connectivity index (χ2v) is 15.8. The minimum atomic E-state index is -5.92. The molecule has 2 aliphatic heterocycles. The van der Waals surface area contributed by atoms with Gasteiger partial charge in [0.15, 0.2) is 23.7 Å². The Morgan fingerprint density at radius 3 is 2.25 bits per heavy atom. The van der Waals surface area contributed by atoms with E-state index in [1.165, 1.54) is 22.5 Å². The lowest BCUT2D eigenvalue weighted by Crippen LogP contribution is -2.46. The number of anilines is 2. The molecule has 2 fully saturated rings. The van der Waals surface area contributed by atoms with Crippen molar-refractivity contribution in [1.82, 2.24) is 34.1 Å². The molecule has 0 aromatic carbocycles. The van der Waals surface area contributed by atoms with Gasteiger partial charge in [0.25, 0.3) is 17.1 Å². The lowest BCUT2D eigenvalue weighted by atomic mass is 10.1. The molecule has 6 unspecified atom stereocenters. The summed E-state index contributed by atoms with van der Waals surface area (Å²) in [5.74, 6) is -0.514. The predicted octanol–water partition coefficient (Wildman–Crippen LogP) is -3.52. The van der Waals surface area contributed by atoms with E-state index in [1.807, 2.05) is 0 Å². The molecule has 0 aliphatic carbocycles. The number of nitrogens with one attached hydrogen (secondary N) is 2. The van der Waals surface area contributed by atoms with E-state index in [4.69, 9.17) is 20.9 Å². The number of phosphoric ester groups is 2. The SMILES string of the molecule is Cn1c[n+]([C@@H]2O[C@H](COP(=O)(O)OP(=O)(O)OP(=O)(O)OC[C@@H]3C[C@H](O)C(n4cnc5c(=O)[nH]c(N)nc54)O3)C(O)C2O)c2nc(N)[nH]c(=O)c21. The van der Waals surface area contributed by atoms with Crippen molar-refractivity contribution in [3.05, 3.63) is 33.4 Å². The van der Waals surface area contributed by atoms with Gasteiger partial charge in [-0.2, -0.15) is 13.6 Å². The van der Waals surface area contributed by atoms with Crippen molar-refractivity contribution >= 4 is 57.7 Å². The van der Waals surface area contributed by atoms with E-state index >= 15 is 0 Å². The molecule has 2 saturated heterocycles. The summed E-state index contributed by atoms with van der Waals surface area (Å²) < 4.78 is 69.6. The third-order valence-electron chi connectivity index (χ3n) is 7.53. The number of aryl methyl sites for hydroxylation is 1. The first kappa shape index (κ1) is 37.3. The first-order chi connectivity index (χ1) is 23.7. The van der Waals surface area contributed by atoms with E-state index in [0.717, 1.165) is 10.9 Å². The number of hydrogen-bond acceptors (Lipinski definition) is 19. The molecule has 2 aliphatic rings.